The summed E-state index contributed by atoms with van der Waals surface area (Å²) in [6.07, 6.45) is 9.42. The second-order valence-electron chi connectivity index (χ2n) is 7.50. The van der Waals surface area contributed by atoms with Crippen LogP contribution < -0.4 is 10.1 Å². The Balaban J connectivity index is 1.50. The van der Waals surface area contributed by atoms with Crippen LogP contribution in [-0.4, -0.2) is 17.7 Å². The van der Waals surface area contributed by atoms with Crippen molar-refractivity contribution in [3.05, 3.63) is 64.6 Å². The Hall–Kier alpha value is -2.53. The number of rotatable bonds is 10. The molecule has 0 radical (unpaired) electrons. The monoisotopic (exact) mass is 422 g/mol. The van der Waals surface area contributed by atoms with Crippen molar-refractivity contribution in [1.82, 2.24) is 5.32 Å². The van der Waals surface area contributed by atoms with Gasteiger partial charge in [0.1, 0.15) is 5.75 Å². The molecule has 3 rings (SSSR count). The zero-order chi connectivity index (χ0) is 21.2. The Kier molecular flexibility index (Phi) is 8.57. The molecule has 4 nitrogen and oxygen atoms in total. The van der Waals surface area contributed by atoms with Gasteiger partial charge in [-0.05, 0) is 61.0 Å². The van der Waals surface area contributed by atoms with Gasteiger partial charge in [-0.3, -0.25) is 4.79 Å². The molecule has 2 aromatic carbocycles. The molecule has 1 heterocycles. The van der Waals surface area contributed by atoms with Crippen molar-refractivity contribution in [2.45, 2.75) is 52.4 Å². The number of hydrogen-bond acceptors (Lipinski definition) is 4. The van der Waals surface area contributed by atoms with Gasteiger partial charge in [-0.2, -0.15) is 0 Å². The smallest absolute Gasteiger partial charge is 0.264 e. The van der Waals surface area contributed by atoms with E-state index >= 15 is 0 Å². The van der Waals surface area contributed by atoms with Crippen molar-refractivity contribution >= 4 is 34.6 Å². The van der Waals surface area contributed by atoms with Crippen LogP contribution in [0, 0.1) is 6.92 Å². The molecule has 0 aliphatic carbocycles. The maximum atomic E-state index is 12.3. The van der Waals surface area contributed by atoms with Gasteiger partial charge in [-0.15, -0.1) is 0 Å². The highest BCUT2D eigenvalue weighted by atomic mass is 32.2. The van der Waals surface area contributed by atoms with Crippen LogP contribution in [0.25, 0.3) is 6.08 Å². The molecule has 158 valence electrons. The lowest BCUT2D eigenvalue weighted by molar-refractivity contribution is -0.115. The van der Waals surface area contributed by atoms with Gasteiger partial charge in [0.05, 0.1) is 17.2 Å². The maximum absolute atomic E-state index is 12.3. The molecule has 1 saturated heterocycles. The molecule has 1 amide bonds. The van der Waals surface area contributed by atoms with Crippen molar-refractivity contribution in [3.8, 4) is 5.75 Å². The van der Waals surface area contributed by atoms with Crippen LogP contribution in [0.3, 0.4) is 0 Å². The predicted octanol–water partition coefficient (Wildman–Crippen LogP) is 6.63. The average Bonchev–Trinajstić information content (AvgIpc) is 3.09. The topological polar surface area (TPSA) is 50.7 Å². The SMILES string of the molecule is CCCCCCCCOc1ccc(C=C2SC(=Nc3ccc(C)cc3)NC2=O)cc1. The standard InChI is InChI=1S/C25H30N2O2S/c1-3-4-5-6-7-8-17-29-22-15-11-20(12-16-22)18-23-24(28)27-25(30-23)26-21-13-9-19(2)10-14-21/h9-16,18H,3-8,17H2,1-2H3,(H,26,27,28). The van der Waals surface area contributed by atoms with Crippen molar-refractivity contribution in [1.29, 1.82) is 0 Å². The number of amidine groups is 1. The minimum atomic E-state index is -0.116. The predicted molar refractivity (Wildman–Crippen MR) is 127 cm³/mol. The molecular formula is C25H30N2O2S. The molecule has 0 saturated carbocycles. The molecule has 0 atom stereocenters. The third-order valence-corrected chi connectivity index (χ3v) is 5.77. The number of carbonyl (C=O) groups excluding carboxylic acids is 1. The molecule has 1 N–H and O–H groups in total. The van der Waals surface area contributed by atoms with Gasteiger partial charge in [-0.25, -0.2) is 4.99 Å². The first-order valence-electron chi connectivity index (χ1n) is 10.7. The summed E-state index contributed by atoms with van der Waals surface area (Å²) >= 11 is 1.36. The quantitative estimate of drug-likeness (QED) is 0.345. The van der Waals surface area contributed by atoms with E-state index in [0.717, 1.165) is 30.0 Å². The van der Waals surface area contributed by atoms with Gasteiger partial charge < -0.3 is 10.1 Å². The summed E-state index contributed by atoms with van der Waals surface area (Å²) in [6, 6.07) is 15.8. The molecule has 2 aromatic rings. The number of thioether (sulfide) groups is 1. The van der Waals surface area contributed by atoms with E-state index in [9.17, 15) is 4.79 Å². The van der Waals surface area contributed by atoms with Crippen LogP contribution in [0.1, 0.15) is 56.6 Å². The first kappa shape index (κ1) is 22.2. The average molecular weight is 423 g/mol. The molecule has 0 aromatic heterocycles. The first-order chi connectivity index (χ1) is 14.6. The first-order valence-corrected chi connectivity index (χ1v) is 11.5. The van der Waals surface area contributed by atoms with Crippen molar-refractivity contribution in [2.75, 3.05) is 6.61 Å². The number of amides is 1. The summed E-state index contributed by atoms with van der Waals surface area (Å²) < 4.78 is 5.83. The van der Waals surface area contributed by atoms with Gasteiger partial charge in [0.15, 0.2) is 5.17 Å². The van der Waals surface area contributed by atoms with E-state index in [1.807, 2.05) is 61.5 Å². The van der Waals surface area contributed by atoms with Crippen LogP contribution in [0.15, 0.2) is 58.4 Å². The molecule has 30 heavy (non-hydrogen) atoms. The van der Waals surface area contributed by atoms with Crippen LogP contribution in [-0.2, 0) is 4.79 Å². The van der Waals surface area contributed by atoms with Crippen LogP contribution in [0.2, 0.25) is 0 Å². The Morgan fingerprint density at radius 3 is 2.40 bits per heavy atom. The van der Waals surface area contributed by atoms with Gasteiger partial charge in [0.25, 0.3) is 5.91 Å². The highest BCUT2D eigenvalue weighted by Gasteiger charge is 2.23. The largest absolute Gasteiger partial charge is 0.494 e. The van der Waals surface area contributed by atoms with E-state index < -0.39 is 0 Å². The molecule has 0 unspecified atom stereocenters. The number of nitrogens with one attached hydrogen (secondary N) is 1. The highest BCUT2D eigenvalue weighted by molar-refractivity contribution is 8.18. The fraction of sp³-hybridized carbons (Fsp3) is 0.360. The van der Waals surface area contributed by atoms with E-state index in [0.29, 0.717) is 10.1 Å². The van der Waals surface area contributed by atoms with Gasteiger partial charge in [0.2, 0.25) is 0 Å². The molecule has 1 aliphatic rings. The van der Waals surface area contributed by atoms with Crippen molar-refractivity contribution < 1.29 is 9.53 Å². The van der Waals surface area contributed by atoms with E-state index in [-0.39, 0.29) is 5.91 Å². The lowest BCUT2D eigenvalue weighted by Crippen LogP contribution is -2.19. The number of hydrogen-bond donors (Lipinski definition) is 1. The highest BCUT2D eigenvalue weighted by Crippen LogP contribution is 2.28. The zero-order valence-corrected chi connectivity index (χ0v) is 18.6. The molecule has 1 fully saturated rings. The summed E-state index contributed by atoms with van der Waals surface area (Å²) in [5.41, 5.74) is 2.98. The fourth-order valence-corrected chi connectivity index (χ4v) is 3.94. The zero-order valence-electron chi connectivity index (χ0n) is 17.8. The lowest BCUT2D eigenvalue weighted by Gasteiger charge is -2.06. The number of nitrogens with zero attached hydrogens (tertiary/aromatic N) is 1. The Morgan fingerprint density at radius 1 is 0.967 bits per heavy atom. The van der Waals surface area contributed by atoms with Crippen molar-refractivity contribution in [2.24, 2.45) is 4.99 Å². The lowest BCUT2D eigenvalue weighted by atomic mass is 10.1. The van der Waals surface area contributed by atoms with Crippen LogP contribution in [0.5, 0.6) is 5.75 Å². The Bertz CT molecular complexity index is 886. The third kappa shape index (κ3) is 7.06. The van der Waals surface area contributed by atoms with Crippen LogP contribution >= 0.6 is 11.8 Å². The van der Waals surface area contributed by atoms with Gasteiger partial charge in [0, 0.05) is 0 Å². The number of ether oxygens (including phenoxy) is 1. The number of benzene rings is 2. The molecule has 0 bridgehead atoms. The fourth-order valence-electron chi connectivity index (χ4n) is 3.10. The van der Waals surface area contributed by atoms with Gasteiger partial charge in [-0.1, -0.05) is 68.9 Å². The van der Waals surface area contributed by atoms with E-state index in [4.69, 9.17) is 4.74 Å². The summed E-state index contributed by atoms with van der Waals surface area (Å²) in [6.45, 7) is 5.02. The number of aliphatic imine (C=N–C) groups is 1. The Morgan fingerprint density at radius 2 is 1.67 bits per heavy atom. The van der Waals surface area contributed by atoms with E-state index in [1.165, 1.54) is 49.4 Å². The number of aryl methyl sites for hydroxylation is 1. The summed E-state index contributed by atoms with van der Waals surface area (Å²) in [7, 11) is 0. The maximum Gasteiger partial charge on any atom is 0.264 e. The third-order valence-electron chi connectivity index (χ3n) is 4.86. The number of carbonyl (C=O) groups is 1. The van der Waals surface area contributed by atoms with Crippen molar-refractivity contribution in [3.63, 3.8) is 0 Å². The summed E-state index contributed by atoms with van der Waals surface area (Å²) in [5, 5.41) is 3.44. The minimum Gasteiger partial charge on any atom is -0.494 e. The molecule has 1 aliphatic heterocycles. The minimum absolute atomic E-state index is 0.116. The molecule has 5 heteroatoms. The van der Waals surface area contributed by atoms with Crippen LogP contribution in [0.4, 0.5) is 5.69 Å². The summed E-state index contributed by atoms with van der Waals surface area (Å²) in [4.78, 5) is 17.4. The number of unbranched alkanes of at least 4 members (excludes halogenated alkanes) is 5. The van der Waals surface area contributed by atoms with Gasteiger partial charge >= 0.3 is 0 Å². The molecule has 0 spiro atoms. The normalized spacial score (nSPS) is 16.3. The van der Waals surface area contributed by atoms with E-state index in [2.05, 4.69) is 17.2 Å². The second-order valence-corrected chi connectivity index (χ2v) is 8.53. The van der Waals surface area contributed by atoms with E-state index in [1.54, 1.807) is 0 Å². The Labute approximate surface area is 183 Å². The summed E-state index contributed by atoms with van der Waals surface area (Å²) in [5.74, 6) is 0.755. The second kappa shape index (κ2) is 11.6. The molecular weight excluding hydrogens is 392 g/mol.